The molecule has 0 radical (unpaired) electrons. The largest absolute Gasteiger partial charge is 0.480 e. The number of unbranched alkanes of at least 4 members (excludes halogenated alkanes) is 1. The number of carboxylic acids is 1. The van der Waals surface area contributed by atoms with Gasteiger partial charge in [-0.3, -0.25) is 19.2 Å². The van der Waals surface area contributed by atoms with E-state index in [0.717, 1.165) is 0 Å². The molecule has 1 aromatic heterocycles. The van der Waals surface area contributed by atoms with Crippen molar-refractivity contribution in [3.05, 3.63) is 18.2 Å². The van der Waals surface area contributed by atoms with Gasteiger partial charge in [-0.25, -0.2) is 9.78 Å². The number of imidazole rings is 1. The number of amides is 4. The lowest BCUT2D eigenvalue weighted by molar-refractivity contribution is -0.143. The molecule has 4 amide bonds. The molecule has 1 rings (SSSR count). The summed E-state index contributed by atoms with van der Waals surface area (Å²) < 4.78 is 0. The van der Waals surface area contributed by atoms with Crippen molar-refractivity contribution in [2.75, 3.05) is 6.54 Å². The van der Waals surface area contributed by atoms with Crippen LogP contribution in [-0.4, -0.2) is 75.4 Å². The standard InChI is InChI=1S/C22H38N8O6/c1-12(2)7-14(24)19(32)28-15(5-3-4-6-23)20(33)29-16(8-13-10-26-11-27-13)21(34)30-17(22(35)36)9-18(25)31/h10-12,14-17H,3-9,23-24H2,1-2H3,(H2,25,31)(H,26,27)(H,28,32)(H,29,33)(H,30,34)(H,35,36). The van der Waals surface area contributed by atoms with E-state index in [-0.39, 0.29) is 18.8 Å². The van der Waals surface area contributed by atoms with E-state index in [9.17, 15) is 29.1 Å². The van der Waals surface area contributed by atoms with Crippen molar-refractivity contribution in [1.82, 2.24) is 25.9 Å². The first-order valence-corrected chi connectivity index (χ1v) is 11.8. The maximum Gasteiger partial charge on any atom is 0.326 e. The highest BCUT2D eigenvalue weighted by molar-refractivity contribution is 5.95. The summed E-state index contributed by atoms with van der Waals surface area (Å²) in [6.07, 6.45) is 3.95. The molecule has 0 saturated heterocycles. The minimum atomic E-state index is -1.58. The maximum atomic E-state index is 13.2. The van der Waals surface area contributed by atoms with Crippen LogP contribution in [0.1, 0.15) is 51.6 Å². The number of carboxylic acid groups (broad SMARTS) is 1. The van der Waals surface area contributed by atoms with E-state index in [0.29, 0.717) is 31.5 Å². The number of H-pyrrole nitrogens is 1. The molecule has 202 valence electrons. The lowest BCUT2D eigenvalue weighted by atomic mass is 10.0. The Bertz CT molecular complexity index is 876. The molecule has 0 aliphatic rings. The van der Waals surface area contributed by atoms with Gasteiger partial charge in [-0.2, -0.15) is 0 Å². The highest BCUT2D eigenvalue weighted by Crippen LogP contribution is 2.07. The van der Waals surface area contributed by atoms with Crippen LogP contribution in [0.3, 0.4) is 0 Å². The Kier molecular flexibility index (Phi) is 13.1. The lowest BCUT2D eigenvalue weighted by Gasteiger charge is -2.25. The van der Waals surface area contributed by atoms with Crippen molar-refractivity contribution in [2.45, 2.75) is 76.5 Å². The number of hydrogen-bond acceptors (Lipinski definition) is 8. The summed E-state index contributed by atoms with van der Waals surface area (Å²) in [6, 6.07) is -4.64. The second-order valence-electron chi connectivity index (χ2n) is 8.99. The van der Waals surface area contributed by atoms with E-state index in [2.05, 4.69) is 25.9 Å². The van der Waals surface area contributed by atoms with Gasteiger partial charge in [0.1, 0.15) is 18.1 Å². The van der Waals surface area contributed by atoms with Crippen LogP contribution in [0.25, 0.3) is 0 Å². The zero-order chi connectivity index (χ0) is 27.3. The summed E-state index contributed by atoms with van der Waals surface area (Å²) in [4.78, 5) is 68.0. The highest BCUT2D eigenvalue weighted by atomic mass is 16.4. The molecule has 14 nitrogen and oxygen atoms in total. The summed E-state index contributed by atoms with van der Waals surface area (Å²) in [5, 5.41) is 16.8. The van der Waals surface area contributed by atoms with Gasteiger partial charge in [-0.1, -0.05) is 13.8 Å². The third kappa shape index (κ3) is 11.3. The second kappa shape index (κ2) is 15.5. The lowest BCUT2D eigenvalue weighted by Crippen LogP contribution is -2.58. The van der Waals surface area contributed by atoms with Crippen LogP contribution < -0.4 is 33.2 Å². The number of nitrogens with two attached hydrogens (primary N) is 3. The zero-order valence-corrected chi connectivity index (χ0v) is 20.7. The van der Waals surface area contributed by atoms with E-state index in [1.54, 1.807) is 0 Å². The smallest absolute Gasteiger partial charge is 0.326 e. The summed E-state index contributed by atoms with van der Waals surface area (Å²) in [6.45, 7) is 4.23. The minimum Gasteiger partial charge on any atom is -0.480 e. The molecule has 4 atom stereocenters. The molecular formula is C22H38N8O6. The van der Waals surface area contributed by atoms with Gasteiger partial charge < -0.3 is 43.2 Å². The fourth-order valence-corrected chi connectivity index (χ4v) is 3.43. The highest BCUT2D eigenvalue weighted by Gasteiger charge is 2.31. The fourth-order valence-electron chi connectivity index (χ4n) is 3.43. The predicted octanol–water partition coefficient (Wildman–Crippen LogP) is -2.13. The van der Waals surface area contributed by atoms with Crippen molar-refractivity contribution < 1.29 is 29.1 Å². The monoisotopic (exact) mass is 510 g/mol. The zero-order valence-electron chi connectivity index (χ0n) is 20.7. The van der Waals surface area contributed by atoms with E-state index in [1.807, 2.05) is 13.8 Å². The van der Waals surface area contributed by atoms with Gasteiger partial charge in [0.2, 0.25) is 23.6 Å². The SMILES string of the molecule is CC(C)CC(N)C(=O)NC(CCCCN)C(=O)NC(Cc1cnc[nH]1)C(=O)NC(CC(N)=O)C(=O)O. The van der Waals surface area contributed by atoms with E-state index < -0.39 is 60.2 Å². The number of nitrogens with zero attached hydrogens (tertiary/aromatic N) is 1. The Morgan fingerprint density at radius 2 is 1.61 bits per heavy atom. The number of primary amides is 1. The molecule has 1 aromatic rings. The molecule has 0 fully saturated rings. The van der Waals surface area contributed by atoms with Gasteiger partial charge in [-0.15, -0.1) is 0 Å². The molecule has 0 aliphatic carbocycles. The van der Waals surface area contributed by atoms with Gasteiger partial charge in [0.05, 0.1) is 18.8 Å². The molecule has 0 aromatic carbocycles. The summed E-state index contributed by atoms with van der Waals surface area (Å²) in [7, 11) is 0. The van der Waals surface area contributed by atoms with Crippen molar-refractivity contribution in [1.29, 1.82) is 0 Å². The predicted molar refractivity (Wildman–Crippen MR) is 130 cm³/mol. The van der Waals surface area contributed by atoms with Gasteiger partial charge in [0.25, 0.3) is 0 Å². The first-order chi connectivity index (χ1) is 16.9. The normalized spacial score (nSPS) is 14.4. The van der Waals surface area contributed by atoms with Crippen LogP contribution in [0.4, 0.5) is 0 Å². The first kappa shape index (κ1) is 30.5. The topological polar surface area (TPSA) is 248 Å². The fraction of sp³-hybridized carbons (Fsp3) is 0.636. The molecule has 14 heteroatoms. The molecule has 36 heavy (non-hydrogen) atoms. The maximum absolute atomic E-state index is 13.2. The molecular weight excluding hydrogens is 472 g/mol. The minimum absolute atomic E-state index is 0.0587. The third-order valence-electron chi connectivity index (χ3n) is 5.27. The number of aromatic amines is 1. The number of aromatic nitrogens is 2. The Hall–Kier alpha value is -3.52. The second-order valence-corrected chi connectivity index (χ2v) is 8.99. The van der Waals surface area contributed by atoms with Crippen LogP contribution in [0, 0.1) is 5.92 Å². The van der Waals surface area contributed by atoms with Gasteiger partial charge in [-0.05, 0) is 38.1 Å². The number of carbonyl (C=O) groups excluding carboxylic acids is 4. The van der Waals surface area contributed by atoms with Crippen LogP contribution in [0.15, 0.2) is 12.5 Å². The first-order valence-electron chi connectivity index (χ1n) is 11.8. The molecule has 4 unspecified atom stereocenters. The molecule has 0 saturated carbocycles. The number of hydrogen-bond donors (Lipinski definition) is 8. The number of nitrogens with one attached hydrogen (secondary N) is 4. The third-order valence-corrected chi connectivity index (χ3v) is 5.27. The van der Waals surface area contributed by atoms with Crippen LogP contribution in [0.2, 0.25) is 0 Å². The van der Waals surface area contributed by atoms with Crippen molar-refractivity contribution in [3.63, 3.8) is 0 Å². The van der Waals surface area contributed by atoms with Crippen LogP contribution >= 0.6 is 0 Å². The Morgan fingerprint density at radius 3 is 2.14 bits per heavy atom. The van der Waals surface area contributed by atoms with E-state index in [4.69, 9.17) is 17.2 Å². The van der Waals surface area contributed by atoms with Crippen molar-refractivity contribution in [2.24, 2.45) is 23.1 Å². The van der Waals surface area contributed by atoms with Crippen molar-refractivity contribution in [3.8, 4) is 0 Å². The summed E-state index contributed by atoms with van der Waals surface area (Å²) >= 11 is 0. The molecule has 0 aliphatic heterocycles. The van der Waals surface area contributed by atoms with Crippen LogP contribution in [-0.2, 0) is 30.4 Å². The molecule has 0 bridgehead atoms. The van der Waals surface area contributed by atoms with Crippen LogP contribution in [0.5, 0.6) is 0 Å². The number of rotatable bonds is 17. The summed E-state index contributed by atoms with van der Waals surface area (Å²) in [5.41, 5.74) is 17.1. The Balaban J connectivity index is 3.06. The average Bonchev–Trinajstić information content (AvgIpc) is 3.29. The number of carbonyl (C=O) groups is 5. The quantitative estimate of drug-likeness (QED) is 0.106. The van der Waals surface area contributed by atoms with Crippen molar-refractivity contribution >= 4 is 29.6 Å². The molecule has 11 N–H and O–H groups in total. The Morgan fingerprint density at radius 1 is 1.00 bits per heavy atom. The van der Waals surface area contributed by atoms with Gasteiger partial charge >= 0.3 is 5.97 Å². The van der Waals surface area contributed by atoms with E-state index >= 15 is 0 Å². The molecule has 1 heterocycles. The van der Waals surface area contributed by atoms with Gasteiger partial charge in [0, 0.05) is 18.3 Å². The Labute approximate surface area is 209 Å². The number of aliphatic carboxylic acids is 1. The average molecular weight is 511 g/mol. The summed E-state index contributed by atoms with van der Waals surface area (Å²) in [5.74, 6) is -4.22. The molecule has 0 spiro atoms. The van der Waals surface area contributed by atoms with E-state index in [1.165, 1.54) is 12.5 Å². The van der Waals surface area contributed by atoms with Gasteiger partial charge in [0.15, 0.2) is 0 Å².